The lowest BCUT2D eigenvalue weighted by molar-refractivity contribution is 0.321. The largest absolute Gasteiger partial charge is 0.303 e. The topological polar surface area (TPSA) is 3.24 Å². The van der Waals surface area contributed by atoms with Gasteiger partial charge in [0.15, 0.2) is 0 Å². The van der Waals surface area contributed by atoms with Crippen molar-refractivity contribution in [1.29, 1.82) is 0 Å². The summed E-state index contributed by atoms with van der Waals surface area (Å²) in [5, 5.41) is 0. The summed E-state index contributed by atoms with van der Waals surface area (Å²) in [6, 6.07) is 8.90. The second-order valence-corrected chi connectivity index (χ2v) is 4.11. The molecule has 0 N–H and O–H groups in total. The summed E-state index contributed by atoms with van der Waals surface area (Å²) in [7, 11) is 4.18. The zero-order valence-corrected chi connectivity index (χ0v) is 9.30. The van der Waals surface area contributed by atoms with Crippen LogP contribution >= 0.6 is 15.9 Å². The first kappa shape index (κ1) is 9.75. The normalized spacial score (nSPS) is 13.4. The third-order valence-corrected chi connectivity index (χ3v) is 2.60. The van der Waals surface area contributed by atoms with E-state index in [2.05, 4.69) is 60.0 Å². The molecule has 1 atom stereocenters. The van der Waals surface area contributed by atoms with Gasteiger partial charge < -0.3 is 4.90 Å². The van der Waals surface area contributed by atoms with Crippen molar-refractivity contribution >= 4 is 15.9 Å². The van der Waals surface area contributed by atoms with Gasteiger partial charge in [-0.1, -0.05) is 28.1 Å². The number of rotatable bonds is 2. The molecule has 0 aromatic heterocycles. The Morgan fingerprint density at radius 3 is 2.50 bits per heavy atom. The fourth-order valence-electron chi connectivity index (χ4n) is 1.06. The number of hydrogen-bond acceptors (Lipinski definition) is 1. The van der Waals surface area contributed by atoms with Crippen LogP contribution in [0.1, 0.15) is 18.5 Å². The number of benzene rings is 1. The first-order valence-electron chi connectivity index (χ1n) is 4.03. The molecule has 0 aliphatic heterocycles. The van der Waals surface area contributed by atoms with Gasteiger partial charge in [-0.05, 0) is 38.7 Å². The van der Waals surface area contributed by atoms with E-state index >= 15 is 0 Å². The molecule has 1 unspecified atom stereocenters. The highest BCUT2D eigenvalue weighted by Crippen LogP contribution is 2.20. The van der Waals surface area contributed by atoms with Gasteiger partial charge in [0.2, 0.25) is 0 Å². The van der Waals surface area contributed by atoms with Gasteiger partial charge in [0.05, 0.1) is 0 Å². The molecular formula is C10H14BrN. The molecule has 1 rings (SSSR count). The van der Waals surface area contributed by atoms with Crippen molar-refractivity contribution in [2.75, 3.05) is 14.1 Å². The van der Waals surface area contributed by atoms with E-state index in [4.69, 9.17) is 0 Å². The van der Waals surface area contributed by atoms with Crippen molar-refractivity contribution in [3.8, 4) is 0 Å². The molecule has 0 saturated heterocycles. The van der Waals surface area contributed by atoms with Crippen molar-refractivity contribution in [1.82, 2.24) is 4.90 Å². The van der Waals surface area contributed by atoms with Crippen LogP contribution < -0.4 is 0 Å². The summed E-state index contributed by atoms with van der Waals surface area (Å²) >= 11 is 3.46. The fraction of sp³-hybridized carbons (Fsp3) is 0.400. The second-order valence-electron chi connectivity index (χ2n) is 3.19. The van der Waals surface area contributed by atoms with E-state index in [-0.39, 0.29) is 0 Å². The Hall–Kier alpha value is -0.340. The minimum absolute atomic E-state index is 0.475. The molecule has 0 bridgehead atoms. The summed E-state index contributed by atoms with van der Waals surface area (Å²) < 4.78 is 1.15. The van der Waals surface area contributed by atoms with E-state index in [9.17, 15) is 0 Å². The van der Waals surface area contributed by atoms with E-state index < -0.39 is 0 Å². The molecular weight excluding hydrogens is 214 g/mol. The molecule has 0 radical (unpaired) electrons. The molecule has 2 heteroatoms. The summed E-state index contributed by atoms with van der Waals surface area (Å²) in [4.78, 5) is 2.20. The Morgan fingerprint density at radius 1 is 1.33 bits per heavy atom. The van der Waals surface area contributed by atoms with Crippen LogP contribution in [0.25, 0.3) is 0 Å². The van der Waals surface area contributed by atoms with Gasteiger partial charge in [0.25, 0.3) is 0 Å². The smallest absolute Gasteiger partial charge is 0.0314 e. The minimum Gasteiger partial charge on any atom is -0.303 e. The Balaban J connectivity index is 2.88. The van der Waals surface area contributed by atoms with Crippen molar-refractivity contribution in [2.45, 2.75) is 13.0 Å². The van der Waals surface area contributed by atoms with E-state index in [1.54, 1.807) is 0 Å². The van der Waals surface area contributed by atoms with Crippen LogP contribution in [0.15, 0.2) is 28.7 Å². The van der Waals surface area contributed by atoms with Gasteiger partial charge in [-0.3, -0.25) is 0 Å². The van der Waals surface area contributed by atoms with Gasteiger partial charge in [-0.15, -0.1) is 0 Å². The highest BCUT2D eigenvalue weighted by molar-refractivity contribution is 9.10. The molecule has 12 heavy (non-hydrogen) atoms. The number of hydrogen-bond donors (Lipinski definition) is 0. The predicted molar refractivity (Wildman–Crippen MR) is 56.2 cm³/mol. The van der Waals surface area contributed by atoms with Gasteiger partial charge in [-0.2, -0.15) is 0 Å². The van der Waals surface area contributed by atoms with Gasteiger partial charge in [-0.25, -0.2) is 0 Å². The molecule has 0 heterocycles. The van der Waals surface area contributed by atoms with Crippen LogP contribution in [0, 0.1) is 0 Å². The molecule has 0 saturated carbocycles. The van der Waals surface area contributed by atoms with E-state index in [1.807, 2.05) is 6.07 Å². The maximum atomic E-state index is 3.46. The Morgan fingerprint density at radius 2 is 2.00 bits per heavy atom. The van der Waals surface area contributed by atoms with Crippen LogP contribution in [0.3, 0.4) is 0 Å². The van der Waals surface area contributed by atoms with Gasteiger partial charge in [0.1, 0.15) is 0 Å². The molecule has 0 aliphatic carbocycles. The van der Waals surface area contributed by atoms with Crippen LogP contribution in [0.2, 0.25) is 0 Å². The van der Waals surface area contributed by atoms with Gasteiger partial charge in [0, 0.05) is 10.5 Å². The third kappa shape index (κ3) is 2.32. The molecule has 0 spiro atoms. The van der Waals surface area contributed by atoms with Crippen LogP contribution in [-0.2, 0) is 0 Å². The Kier molecular flexibility index (Phi) is 3.29. The molecule has 0 fully saturated rings. The predicted octanol–water partition coefficient (Wildman–Crippen LogP) is 3.07. The zero-order valence-electron chi connectivity index (χ0n) is 7.71. The third-order valence-electron chi connectivity index (χ3n) is 2.11. The summed E-state index contributed by atoms with van der Waals surface area (Å²) in [5.74, 6) is 0. The molecule has 1 aromatic rings. The van der Waals surface area contributed by atoms with Crippen molar-refractivity contribution < 1.29 is 0 Å². The zero-order chi connectivity index (χ0) is 9.14. The molecule has 0 aliphatic rings. The molecule has 0 amide bonds. The van der Waals surface area contributed by atoms with Crippen LogP contribution in [-0.4, -0.2) is 19.0 Å². The SMILES string of the molecule is CC(c1cccc(Br)c1)N(C)C. The lowest BCUT2D eigenvalue weighted by Crippen LogP contribution is -2.16. The highest BCUT2D eigenvalue weighted by atomic mass is 79.9. The fourth-order valence-corrected chi connectivity index (χ4v) is 1.48. The second kappa shape index (κ2) is 4.06. The maximum absolute atomic E-state index is 3.46. The minimum atomic E-state index is 0.475. The van der Waals surface area contributed by atoms with Crippen LogP contribution in [0.4, 0.5) is 0 Å². The van der Waals surface area contributed by atoms with E-state index in [0.29, 0.717) is 6.04 Å². The molecule has 1 aromatic carbocycles. The van der Waals surface area contributed by atoms with Crippen molar-refractivity contribution in [3.05, 3.63) is 34.3 Å². The van der Waals surface area contributed by atoms with Crippen LogP contribution in [0.5, 0.6) is 0 Å². The number of nitrogens with zero attached hydrogens (tertiary/aromatic N) is 1. The monoisotopic (exact) mass is 227 g/mol. The first-order chi connectivity index (χ1) is 5.61. The van der Waals surface area contributed by atoms with E-state index in [1.165, 1.54) is 5.56 Å². The average Bonchev–Trinajstić information content (AvgIpc) is 2.03. The molecule has 66 valence electrons. The Labute approximate surface area is 82.5 Å². The first-order valence-corrected chi connectivity index (χ1v) is 4.82. The van der Waals surface area contributed by atoms with Crippen molar-refractivity contribution in [2.24, 2.45) is 0 Å². The summed E-state index contributed by atoms with van der Waals surface area (Å²) in [6.07, 6.45) is 0. The highest BCUT2D eigenvalue weighted by Gasteiger charge is 2.06. The maximum Gasteiger partial charge on any atom is 0.0314 e. The lowest BCUT2D eigenvalue weighted by Gasteiger charge is -2.20. The molecule has 1 nitrogen and oxygen atoms in total. The van der Waals surface area contributed by atoms with Crippen molar-refractivity contribution in [3.63, 3.8) is 0 Å². The number of halogens is 1. The standard InChI is InChI=1S/C10H14BrN/c1-8(12(2)3)9-5-4-6-10(11)7-9/h4-8H,1-3H3. The quantitative estimate of drug-likeness (QED) is 0.751. The Bertz CT molecular complexity index is 258. The summed E-state index contributed by atoms with van der Waals surface area (Å²) in [5.41, 5.74) is 1.34. The van der Waals surface area contributed by atoms with Gasteiger partial charge >= 0.3 is 0 Å². The summed E-state index contributed by atoms with van der Waals surface area (Å²) in [6.45, 7) is 2.20. The van der Waals surface area contributed by atoms with E-state index in [0.717, 1.165) is 4.47 Å². The average molecular weight is 228 g/mol. The lowest BCUT2D eigenvalue weighted by atomic mass is 10.1.